The van der Waals surface area contributed by atoms with E-state index in [2.05, 4.69) is 28.0 Å². The fourth-order valence-electron chi connectivity index (χ4n) is 1.58. The molecule has 1 aromatic rings. The molecule has 1 N–H and O–H groups in total. The van der Waals surface area contributed by atoms with Crippen LogP contribution in [0.15, 0.2) is 6.20 Å². The van der Waals surface area contributed by atoms with Crippen LogP contribution in [0.1, 0.15) is 24.5 Å². The quantitative estimate of drug-likeness (QED) is 0.596. The van der Waals surface area contributed by atoms with E-state index >= 15 is 0 Å². The molecule has 0 spiro atoms. The van der Waals surface area contributed by atoms with Crippen LogP contribution >= 0.6 is 0 Å². The molecule has 1 unspecified atom stereocenters. The fourth-order valence-corrected chi connectivity index (χ4v) is 1.58. The van der Waals surface area contributed by atoms with Gasteiger partial charge in [0.1, 0.15) is 5.82 Å². The van der Waals surface area contributed by atoms with Gasteiger partial charge in [0.2, 0.25) is 0 Å². The zero-order chi connectivity index (χ0) is 7.84. The van der Waals surface area contributed by atoms with Gasteiger partial charge in [-0.2, -0.15) is 0 Å². The summed E-state index contributed by atoms with van der Waals surface area (Å²) >= 11 is 0. The molecular weight excluding hydrogens is 138 g/mol. The van der Waals surface area contributed by atoms with E-state index in [0.29, 0.717) is 6.04 Å². The second-order valence-electron chi connectivity index (χ2n) is 3.11. The summed E-state index contributed by atoms with van der Waals surface area (Å²) in [5, 5.41) is 3.37. The lowest BCUT2D eigenvalue weighted by molar-refractivity contribution is 0.437. The molecular formula is C8H13N3. The number of aromatic nitrogens is 2. The number of nitrogens with zero attached hydrogens (tertiary/aromatic N) is 2. The standard InChI is InChI=1S/C8H13N3/c1-6-5-11-4-3-9-7(2)8(11)10-6/h5,7,9H,3-4H2,1-2H3. The maximum atomic E-state index is 4.43. The van der Waals surface area contributed by atoms with E-state index in [1.807, 2.05) is 6.92 Å². The van der Waals surface area contributed by atoms with Gasteiger partial charge in [0.15, 0.2) is 0 Å². The highest BCUT2D eigenvalue weighted by atomic mass is 15.2. The summed E-state index contributed by atoms with van der Waals surface area (Å²) in [7, 11) is 0. The first-order valence-corrected chi connectivity index (χ1v) is 4.04. The Hall–Kier alpha value is -0.830. The molecule has 3 heteroatoms. The van der Waals surface area contributed by atoms with Crippen LogP contribution in [0.2, 0.25) is 0 Å². The van der Waals surface area contributed by atoms with Crippen molar-refractivity contribution >= 4 is 0 Å². The average molecular weight is 151 g/mol. The zero-order valence-electron chi connectivity index (χ0n) is 6.96. The molecule has 0 radical (unpaired) electrons. The van der Waals surface area contributed by atoms with E-state index in [0.717, 1.165) is 18.8 Å². The second-order valence-corrected chi connectivity index (χ2v) is 3.11. The van der Waals surface area contributed by atoms with Crippen LogP contribution in [-0.2, 0) is 6.54 Å². The SMILES string of the molecule is Cc1cn2c(n1)C(C)NCC2. The molecule has 0 aliphatic carbocycles. The third-order valence-electron chi connectivity index (χ3n) is 2.12. The zero-order valence-corrected chi connectivity index (χ0v) is 6.96. The number of aryl methyl sites for hydroxylation is 1. The third-order valence-corrected chi connectivity index (χ3v) is 2.12. The van der Waals surface area contributed by atoms with E-state index in [9.17, 15) is 0 Å². The average Bonchev–Trinajstić information content (AvgIpc) is 2.31. The molecule has 11 heavy (non-hydrogen) atoms. The first-order chi connectivity index (χ1) is 5.27. The lowest BCUT2D eigenvalue weighted by atomic mass is 10.2. The molecule has 0 aromatic carbocycles. The minimum Gasteiger partial charge on any atom is -0.332 e. The lowest BCUT2D eigenvalue weighted by Crippen LogP contribution is -2.31. The normalized spacial score (nSPS) is 23.3. The van der Waals surface area contributed by atoms with E-state index < -0.39 is 0 Å². The minimum absolute atomic E-state index is 0.414. The van der Waals surface area contributed by atoms with Gasteiger partial charge >= 0.3 is 0 Å². The van der Waals surface area contributed by atoms with Crippen LogP contribution in [0.3, 0.4) is 0 Å². The molecule has 0 saturated carbocycles. The van der Waals surface area contributed by atoms with Crippen LogP contribution in [0, 0.1) is 6.92 Å². The van der Waals surface area contributed by atoms with Crippen molar-refractivity contribution in [3.63, 3.8) is 0 Å². The maximum absolute atomic E-state index is 4.43. The van der Waals surface area contributed by atoms with Crippen molar-refractivity contribution in [2.75, 3.05) is 6.54 Å². The number of fused-ring (bicyclic) bond motifs is 1. The molecule has 0 saturated heterocycles. The molecule has 1 aliphatic heterocycles. The van der Waals surface area contributed by atoms with Gasteiger partial charge in [0, 0.05) is 19.3 Å². The summed E-state index contributed by atoms with van der Waals surface area (Å²) in [6.45, 7) is 6.31. The Balaban J connectivity index is 2.43. The van der Waals surface area contributed by atoms with Crippen molar-refractivity contribution in [1.29, 1.82) is 0 Å². The molecule has 3 nitrogen and oxygen atoms in total. The van der Waals surface area contributed by atoms with E-state index in [4.69, 9.17) is 0 Å². The minimum atomic E-state index is 0.414. The maximum Gasteiger partial charge on any atom is 0.125 e. The molecule has 2 rings (SSSR count). The fraction of sp³-hybridized carbons (Fsp3) is 0.625. The summed E-state index contributed by atoms with van der Waals surface area (Å²) in [6.07, 6.45) is 2.12. The molecule has 1 aliphatic rings. The Morgan fingerprint density at radius 3 is 3.27 bits per heavy atom. The molecule has 60 valence electrons. The number of imidazole rings is 1. The van der Waals surface area contributed by atoms with Crippen molar-refractivity contribution in [2.24, 2.45) is 0 Å². The Bertz CT molecular complexity index is 264. The monoisotopic (exact) mass is 151 g/mol. The van der Waals surface area contributed by atoms with Gasteiger partial charge < -0.3 is 9.88 Å². The van der Waals surface area contributed by atoms with Crippen molar-refractivity contribution in [1.82, 2.24) is 14.9 Å². The van der Waals surface area contributed by atoms with Crippen molar-refractivity contribution < 1.29 is 0 Å². The summed E-state index contributed by atoms with van der Waals surface area (Å²) in [4.78, 5) is 4.43. The van der Waals surface area contributed by atoms with Crippen molar-refractivity contribution in [2.45, 2.75) is 26.4 Å². The first kappa shape index (κ1) is 6.85. The van der Waals surface area contributed by atoms with Crippen LogP contribution in [0.5, 0.6) is 0 Å². The van der Waals surface area contributed by atoms with Gasteiger partial charge in [-0.25, -0.2) is 4.98 Å². The summed E-state index contributed by atoms with van der Waals surface area (Å²) in [6, 6.07) is 0.414. The van der Waals surface area contributed by atoms with Crippen molar-refractivity contribution in [3.8, 4) is 0 Å². The molecule has 1 aromatic heterocycles. The van der Waals surface area contributed by atoms with Crippen LogP contribution in [-0.4, -0.2) is 16.1 Å². The third kappa shape index (κ3) is 1.05. The molecule has 0 bridgehead atoms. The van der Waals surface area contributed by atoms with Crippen LogP contribution < -0.4 is 5.32 Å². The number of hydrogen-bond donors (Lipinski definition) is 1. The number of rotatable bonds is 0. The predicted molar refractivity (Wildman–Crippen MR) is 43.4 cm³/mol. The first-order valence-electron chi connectivity index (χ1n) is 4.04. The van der Waals surface area contributed by atoms with E-state index in [1.165, 1.54) is 5.82 Å². The Morgan fingerprint density at radius 1 is 1.73 bits per heavy atom. The van der Waals surface area contributed by atoms with E-state index in [1.54, 1.807) is 0 Å². The lowest BCUT2D eigenvalue weighted by Gasteiger charge is -2.21. The highest BCUT2D eigenvalue weighted by Crippen LogP contribution is 2.15. The topological polar surface area (TPSA) is 29.9 Å². The van der Waals surface area contributed by atoms with Crippen molar-refractivity contribution in [3.05, 3.63) is 17.7 Å². The largest absolute Gasteiger partial charge is 0.332 e. The van der Waals surface area contributed by atoms with E-state index in [-0.39, 0.29) is 0 Å². The molecule has 0 amide bonds. The second kappa shape index (κ2) is 2.34. The van der Waals surface area contributed by atoms with Crippen LogP contribution in [0.25, 0.3) is 0 Å². The van der Waals surface area contributed by atoms with Gasteiger partial charge in [0.25, 0.3) is 0 Å². The molecule has 2 heterocycles. The molecule has 0 fully saturated rings. The van der Waals surface area contributed by atoms with Gasteiger partial charge in [-0.05, 0) is 13.8 Å². The van der Waals surface area contributed by atoms with Gasteiger partial charge in [-0.1, -0.05) is 0 Å². The molecule has 1 atom stereocenters. The highest BCUT2D eigenvalue weighted by molar-refractivity contribution is 5.07. The van der Waals surface area contributed by atoms with Gasteiger partial charge in [-0.15, -0.1) is 0 Å². The Kier molecular flexibility index (Phi) is 1.46. The predicted octanol–water partition coefficient (Wildman–Crippen LogP) is 0.856. The summed E-state index contributed by atoms with van der Waals surface area (Å²) in [5.41, 5.74) is 1.12. The van der Waals surface area contributed by atoms with Crippen LogP contribution in [0.4, 0.5) is 0 Å². The summed E-state index contributed by atoms with van der Waals surface area (Å²) in [5.74, 6) is 1.17. The Labute approximate surface area is 66.4 Å². The van der Waals surface area contributed by atoms with Gasteiger partial charge in [-0.3, -0.25) is 0 Å². The summed E-state index contributed by atoms with van der Waals surface area (Å²) < 4.78 is 2.23. The number of nitrogens with one attached hydrogen (secondary N) is 1. The smallest absolute Gasteiger partial charge is 0.125 e. The van der Waals surface area contributed by atoms with Gasteiger partial charge in [0.05, 0.1) is 11.7 Å². The Morgan fingerprint density at radius 2 is 2.55 bits per heavy atom. The number of hydrogen-bond acceptors (Lipinski definition) is 2. The highest BCUT2D eigenvalue weighted by Gasteiger charge is 2.16.